The van der Waals surface area contributed by atoms with E-state index in [1.807, 2.05) is 0 Å². The molecular weight excluding hydrogens is 320 g/mol. The van der Waals surface area contributed by atoms with Gasteiger partial charge in [0.15, 0.2) is 0 Å². The van der Waals surface area contributed by atoms with E-state index in [1.54, 1.807) is 12.4 Å². The Morgan fingerprint density at radius 1 is 1.24 bits per heavy atom. The number of carbonyl (C=O) groups excluding carboxylic acids is 1. The molecule has 1 amide bonds. The molecule has 0 unspecified atom stereocenters. The molecule has 25 heavy (non-hydrogen) atoms. The number of ether oxygens (including phenoxy) is 2. The van der Waals surface area contributed by atoms with E-state index in [0.29, 0.717) is 17.7 Å². The molecule has 0 bridgehead atoms. The summed E-state index contributed by atoms with van der Waals surface area (Å²) in [5, 5.41) is 3.13. The van der Waals surface area contributed by atoms with E-state index in [-0.39, 0.29) is 18.1 Å². The Morgan fingerprint density at radius 2 is 2.12 bits per heavy atom. The van der Waals surface area contributed by atoms with Gasteiger partial charge in [0.1, 0.15) is 5.69 Å². The molecule has 0 radical (unpaired) electrons. The van der Waals surface area contributed by atoms with Gasteiger partial charge in [-0.3, -0.25) is 14.7 Å². The molecule has 0 spiro atoms. The van der Waals surface area contributed by atoms with Crippen molar-refractivity contribution < 1.29 is 14.3 Å². The van der Waals surface area contributed by atoms with Gasteiger partial charge in [-0.1, -0.05) is 0 Å². The molecule has 0 saturated carbocycles. The number of aromatic nitrogens is 2. The third-order valence-electron chi connectivity index (χ3n) is 5.58. The fourth-order valence-corrected chi connectivity index (χ4v) is 4.31. The Kier molecular flexibility index (Phi) is 5.24. The van der Waals surface area contributed by atoms with Crippen molar-refractivity contribution in [3.63, 3.8) is 0 Å². The van der Waals surface area contributed by atoms with E-state index in [0.717, 1.165) is 58.6 Å². The number of likely N-dealkylation sites (tertiary alicyclic amines) is 1. The molecule has 3 fully saturated rings. The topological polar surface area (TPSA) is 76.6 Å². The van der Waals surface area contributed by atoms with Crippen molar-refractivity contribution in [1.82, 2.24) is 20.2 Å². The van der Waals surface area contributed by atoms with Gasteiger partial charge in [-0.25, -0.2) is 4.98 Å². The van der Waals surface area contributed by atoms with Gasteiger partial charge in [0.25, 0.3) is 5.91 Å². The predicted molar refractivity (Wildman–Crippen MR) is 91.2 cm³/mol. The van der Waals surface area contributed by atoms with Crippen LogP contribution in [0.3, 0.4) is 0 Å². The maximum absolute atomic E-state index is 12.5. The third kappa shape index (κ3) is 3.83. The van der Waals surface area contributed by atoms with E-state index in [1.165, 1.54) is 6.20 Å². The van der Waals surface area contributed by atoms with Gasteiger partial charge in [-0.2, -0.15) is 0 Å². The average molecular weight is 346 g/mol. The van der Waals surface area contributed by atoms with Crippen LogP contribution in [0.25, 0.3) is 0 Å². The maximum Gasteiger partial charge on any atom is 0.271 e. The number of rotatable bonds is 4. The summed E-state index contributed by atoms with van der Waals surface area (Å²) in [6.07, 6.45) is 9.19. The lowest BCUT2D eigenvalue weighted by molar-refractivity contribution is -0.0255. The summed E-state index contributed by atoms with van der Waals surface area (Å²) in [5.41, 5.74) is 0.359. The summed E-state index contributed by atoms with van der Waals surface area (Å²) in [7, 11) is 0. The first-order valence-electron chi connectivity index (χ1n) is 9.31. The molecule has 1 aromatic rings. The number of hydrogen-bond donors (Lipinski definition) is 1. The fraction of sp³-hybridized carbons (Fsp3) is 0.722. The van der Waals surface area contributed by atoms with Gasteiger partial charge < -0.3 is 14.8 Å². The highest BCUT2D eigenvalue weighted by Gasteiger charge is 2.45. The van der Waals surface area contributed by atoms with Gasteiger partial charge >= 0.3 is 0 Å². The van der Waals surface area contributed by atoms with Crippen LogP contribution in [0, 0.1) is 5.92 Å². The molecule has 0 aliphatic carbocycles. The van der Waals surface area contributed by atoms with E-state index in [9.17, 15) is 4.79 Å². The van der Waals surface area contributed by atoms with Crippen LogP contribution in [0.2, 0.25) is 0 Å². The van der Waals surface area contributed by atoms with Crippen molar-refractivity contribution in [1.29, 1.82) is 0 Å². The number of nitrogens with zero attached hydrogens (tertiary/aromatic N) is 3. The summed E-state index contributed by atoms with van der Waals surface area (Å²) in [6, 6.07) is 0.420. The van der Waals surface area contributed by atoms with Crippen LogP contribution in [0.5, 0.6) is 0 Å². The molecule has 4 heterocycles. The van der Waals surface area contributed by atoms with Crippen molar-refractivity contribution in [3.05, 3.63) is 24.3 Å². The fourth-order valence-electron chi connectivity index (χ4n) is 4.31. The second-order valence-electron chi connectivity index (χ2n) is 7.23. The SMILES string of the molecule is O=C(N[C@@H]1CN(CC2CCOCC2)[C@@H]2CCCO[C@@H]21)c1cnccn1. The Bertz CT molecular complexity index is 579. The number of carbonyl (C=O) groups is 1. The predicted octanol–water partition coefficient (Wildman–Crippen LogP) is 0.865. The molecule has 7 nitrogen and oxygen atoms in total. The second kappa shape index (κ2) is 7.76. The molecule has 3 aliphatic rings. The molecule has 0 aromatic carbocycles. The van der Waals surface area contributed by atoms with Crippen molar-refractivity contribution in [2.45, 2.75) is 43.9 Å². The number of nitrogens with one attached hydrogen (secondary N) is 1. The normalized spacial score (nSPS) is 30.8. The zero-order valence-corrected chi connectivity index (χ0v) is 14.5. The largest absolute Gasteiger partial charge is 0.381 e. The zero-order valence-electron chi connectivity index (χ0n) is 14.5. The van der Waals surface area contributed by atoms with Gasteiger partial charge in [0, 0.05) is 51.3 Å². The van der Waals surface area contributed by atoms with Crippen molar-refractivity contribution >= 4 is 5.91 Å². The van der Waals surface area contributed by atoms with Crippen LogP contribution in [0.15, 0.2) is 18.6 Å². The minimum absolute atomic E-state index is 0.0136. The van der Waals surface area contributed by atoms with Gasteiger partial charge in [0.05, 0.1) is 18.3 Å². The Hall–Kier alpha value is -1.57. The molecule has 3 saturated heterocycles. The van der Waals surface area contributed by atoms with Crippen LogP contribution in [0.1, 0.15) is 36.2 Å². The minimum Gasteiger partial charge on any atom is -0.381 e. The Balaban J connectivity index is 1.42. The lowest BCUT2D eigenvalue weighted by Gasteiger charge is -2.34. The Morgan fingerprint density at radius 3 is 2.92 bits per heavy atom. The van der Waals surface area contributed by atoms with E-state index in [2.05, 4.69) is 20.2 Å². The van der Waals surface area contributed by atoms with Crippen LogP contribution < -0.4 is 5.32 Å². The zero-order chi connectivity index (χ0) is 17.1. The summed E-state index contributed by atoms with van der Waals surface area (Å²) in [4.78, 5) is 23.1. The molecule has 136 valence electrons. The van der Waals surface area contributed by atoms with Crippen LogP contribution in [-0.4, -0.2) is 71.9 Å². The molecule has 3 aliphatic heterocycles. The average Bonchev–Trinajstić information content (AvgIpc) is 3.01. The summed E-state index contributed by atoms with van der Waals surface area (Å²) < 4.78 is 11.5. The van der Waals surface area contributed by atoms with Gasteiger partial charge in [-0.05, 0) is 31.6 Å². The quantitative estimate of drug-likeness (QED) is 0.872. The Labute approximate surface area is 148 Å². The smallest absolute Gasteiger partial charge is 0.271 e. The van der Waals surface area contributed by atoms with Crippen LogP contribution in [-0.2, 0) is 9.47 Å². The van der Waals surface area contributed by atoms with Crippen molar-refractivity contribution in [2.24, 2.45) is 5.92 Å². The summed E-state index contributed by atoms with van der Waals surface area (Å²) >= 11 is 0. The molecule has 4 rings (SSSR count). The minimum atomic E-state index is -0.168. The van der Waals surface area contributed by atoms with Gasteiger partial charge in [-0.15, -0.1) is 0 Å². The number of fused-ring (bicyclic) bond motifs is 1. The first-order chi connectivity index (χ1) is 12.3. The molecule has 7 heteroatoms. The first kappa shape index (κ1) is 16.9. The summed E-state index contributed by atoms with van der Waals surface area (Å²) in [5.74, 6) is 0.518. The molecule has 1 aromatic heterocycles. The molecular formula is C18H26N4O3. The highest BCUT2D eigenvalue weighted by Crippen LogP contribution is 2.31. The van der Waals surface area contributed by atoms with Crippen LogP contribution in [0.4, 0.5) is 0 Å². The second-order valence-corrected chi connectivity index (χ2v) is 7.23. The number of hydrogen-bond acceptors (Lipinski definition) is 6. The van der Waals surface area contributed by atoms with E-state index < -0.39 is 0 Å². The monoisotopic (exact) mass is 346 g/mol. The van der Waals surface area contributed by atoms with Gasteiger partial charge in [0.2, 0.25) is 0 Å². The van der Waals surface area contributed by atoms with Crippen molar-refractivity contribution in [2.75, 3.05) is 32.9 Å². The highest BCUT2D eigenvalue weighted by atomic mass is 16.5. The maximum atomic E-state index is 12.5. The van der Waals surface area contributed by atoms with E-state index >= 15 is 0 Å². The third-order valence-corrected chi connectivity index (χ3v) is 5.58. The standard InChI is InChI=1S/C18H26N4O3/c23-18(14-10-19-5-6-20-14)21-15-12-22(11-13-3-8-24-9-4-13)16-2-1-7-25-17(15)16/h5-6,10,13,15-17H,1-4,7-9,11-12H2,(H,21,23)/t15-,16-,17-/m1/s1. The summed E-state index contributed by atoms with van der Waals surface area (Å²) in [6.45, 7) is 4.44. The molecule has 1 N–H and O–H groups in total. The lowest BCUT2D eigenvalue weighted by atomic mass is 9.97. The van der Waals surface area contributed by atoms with Crippen LogP contribution >= 0.6 is 0 Å². The lowest BCUT2D eigenvalue weighted by Crippen LogP contribution is -2.47. The number of amides is 1. The molecule has 3 atom stereocenters. The highest BCUT2D eigenvalue weighted by molar-refractivity contribution is 5.92. The van der Waals surface area contributed by atoms with Crippen molar-refractivity contribution in [3.8, 4) is 0 Å². The first-order valence-corrected chi connectivity index (χ1v) is 9.31. The van der Waals surface area contributed by atoms with E-state index in [4.69, 9.17) is 9.47 Å².